The van der Waals surface area contributed by atoms with Crippen LogP contribution >= 0.6 is 0 Å². The molecule has 0 saturated carbocycles. The average Bonchev–Trinajstić information content (AvgIpc) is 3.27. The Labute approximate surface area is 173 Å². The van der Waals surface area contributed by atoms with E-state index in [1.807, 2.05) is 54.6 Å². The molecule has 2 heterocycles. The molecular formula is C22H23N5O3. The summed E-state index contributed by atoms with van der Waals surface area (Å²) in [5, 5.41) is 3.49. The first kappa shape index (κ1) is 19.6. The van der Waals surface area contributed by atoms with Crippen LogP contribution in [0, 0.1) is 0 Å². The quantitative estimate of drug-likeness (QED) is 0.616. The number of rotatable bonds is 6. The number of carbonyl (C=O) groups is 3. The number of hydrogen-bond acceptors (Lipinski definition) is 4. The van der Waals surface area contributed by atoms with Gasteiger partial charge in [0.1, 0.15) is 11.6 Å². The number of imide groups is 1. The first-order valence-corrected chi connectivity index (χ1v) is 9.82. The fraction of sp³-hybridized carbons (Fsp3) is 0.273. The van der Waals surface area contributed by atoms with Gasteiger partial charge in [-0.2, -0.15) is 5.01 Å². The fourth-order valence-electron chi connectivity index (χ4n) is 3.61. The Morgan fingerprint density at radius 1 is 1.13 bits per heavy atom. The summed E-state index contributed by atoms with van der Waals surface area (Å²) in [5.74, 6) is -0.951. The second-order valence-electron chi connectivity index (χ2n) is 7.68. The zero-order chi connectivity index (χ0) is 21.3. The van der Waals surface area contributed by atoms with E-state index >= 15 is 0 Å². The summed E-state index contributed by atoms with van der Waals surface area (Å²) < 4.78 is 1.71. The van der Waals surface area contributed by atoms with Crippen molar-refractivity contribution in [3.63, 3.8) is 0 Å². The molecule has 0 radical (unpaired) electrons. The highest BCUT2D eigenvalue weighted by Gasteiger charge is 2.48. The van der Waals surface area contributed by atoms with Gasteiger partial charge in [0.15, 0.2) is 0 Å². The lowest BCUT2D eigenvalue weighted by Gasteiger charge is -2.22. The van der Waals surface area contributed by atoms with Crippen LogP contribution in [0.2, 0.25) is 0 Å². The van der Waals surface area contributed by atoms with Crippen LogP contribution in [0.3, 0.4) is 0 Å². The van der Waals surface area contributed by atoms with E-state index in [1.54, 1.807) is 24.7 Å². The molecule has 4 rings (SSSR count). The molecular weight excluding hydrogens is 382 g/mol. The topological polar surface area (TPSA) is 96.3 Å². The largest absolute Gasteiger partial charge is 0.344 e. The monoisotopic (exact) mass is 405 g/mol. The van der Waals surface area contributed by atoms with Crippen LogP contribution in [0.15, 0.2) is 60.9 Å². The van der Waals surface area contributed by atoms with Gasteiger partial charge in [-0.3, -0.25) is 15.0 Å². The lowest BCUT2D eigenvalue weighted by atomic mass is 9.93. The van der Waals surface area contributed by atoms with Gasteiger partial charge in [0.05, 0.1) is 17.4 Å². The number of para-hydroxylation sites is 2. The Balaban J connectivity index is 1.45. The molecule has 1 saturated heterocycles. The molecule has 30 heavy (non-hydrogen) atoms. The van der Waals surface area contributed by atoms with E-state index in [-0.39, 0.29) is 0 Å². The molecule has 0 bridgehead atoms. The van der Waals surface area contributed by atoms with Crippen LogP contribution in [-0.4, -0.2) is 37.9 Å². The Morgan fingerprint density at radius 2 is 1.83 bits per heavy atom. The summed E-state index contributed by atoms with van der Waals surface area (Å²) in [6.45, 7) is 3.37. The van der Waals surface area contributed by atoms with E-state index < -0.39 is 29.4 Å². The van der Waals surface area contributed by atoms with Crippen LogP contribution in [0.4, 0.5) is 4.79 Å². The molecule has 3 aromatic rings. The predicted molar refractivity (Wildman–Crippen MR) is 111 cm³/mol. The maximum atomic E-state index is 12.9. The molecule has 1 aliphatic heterocycles. The van der Waals surface area contributed by atoms with Crippen LogP contribution in [0.1, 0.15) is 31.9 Å². The van der Waals surface area contributed by atoms with E-state index in [0.29, 0.717) is 12.8 Å². The van der Waals surface area contributed by atoms with Gasteiger partial charge in [-0.25, -0.2) is 9.78 Å². The molecule has 0 unspecified atom stereocenters. The molecule has 2 aromatic carbocycles. The van der Waals surface area contributed by atoms with Gasteiger partial charge in [0, 0.05) is 0 Å². The highest BCUT2D eigenvalue weighted by molar-refractivity contribution is 6.07. The van der Waals surface area contributed by atoms with E-state index in [9.17, 15) is 14.4 Å². The molecule has 1 fully saturated rings. The number of fused-ring (bicyclic) bond motifs is 1. The van der Waals surface area contributed by atoms with E-state index in [4.69, 9.17) is 0 Å². The average molecular weight is 405 g/mol. The maximum Gasteiger partial charge on any atom is 0.344 e. The lowest BCUT2D eigenvalue weighted by molar-refractivity contribution is -0.139. The fourth-order valence-corrected chi connectivity index (χ4v) is 3.61. The van der Waals surface area contributed by atoms with Gasteiger partial charge in [0.25, 0.3) is 11.8 Å². The van der Waals surface area contributed by atoms with Crippen LogP contribution < -0.4 is 10.7 Å². The smallest absolute Gasteiger partial charge is 0.322 e. The van der Waals surface area contributed by atoms with Crippen LogP contribution in [0.25, 0.3) is 11.0 Å². The molecule has 154 valence electrons. The zero-order valence-electron chi connectivity index (χ0n) is 16.8. The van der Waals surface area contributed by atoms with Gasteiger partial charge in [-0.1, -0.05) is 42.5 Å². The first-order valence-electron chi connectivity index (χ1n) is 9.82. The Morgan fingerprint density at radius 3 is 2.60 bits per heavy atom. The van der Waals surface area contributed by atoms with Crippen molar-refractivity contribution < 1.29 is 14.4 Å². The van der Waals surface area contributed by atoms with Gasteiger partial charge in [-0.05, 0) is 44.4 Å². The number of nitrogens with zero attached hydrogens (tertiary/aromatic N) is 3. The van der Waals surface area contributed by atoms with Crippen molar-refractivity contribution >= 4 is 28.9 Å². The lowest BCUT2D eigenvalue weighted by Crippen LogP contribution is -2.50. The Kier molecular flexibility index (Phi) is 4.99. The van der Waals surface area contributed by atoms with E-state index in [2.05, 4.69) is 15.7 Å². The molecule has 2 N–H and O–H groups in total. The Bertz CT molecular complexity index is 1110. The summed E-state index contributed by atoms with van der Waals surface area (Å²) in [7, 11) is 0. The molecule has 8 nitrogen and oxygen atoms in total. The summed E-state index contributed by atoms with van der Waals surface area (Å²) in [6.07, 6.45) is 2.63. The van der Waals surface area contributed by atoms with Crippen LogP contribution in [0.5, 0.6) is 0 Å². The predicted octanol–water partition coefficient (Wildman–Crippen LogP) is 2.57. The van der Waals surface area contributed by atoms with Crippen molar-refractivity contribution in [3.05, 3.63) is 66.5 Å². The number of hydrazine groups is 1. The van der Waals surface area contributed by atoms with Crippen molar-refractivity contribution in [1.82, 2.24) is 25.3 Å². The van der Waals surface area contributed by atoms with Crippen molar-refractivity contribution in [2.24, 2.45) is 0 Å². The number of amides is 4. The van der Waals surface area contributed by atoms with Crippen molar-refractivity contribution in [2.75, 3.05) is 0 Å². The number of imidazole rings is 1. The third-order valence-corrected chi connectivity index (χ3v) is 5.52. The van der Waals surface area contributed by atoms with Crippen LogP contribution in [-0.2, 0) is 16.0 Å². The SMILES string of the molecule is C[C@@H](C(=O)NN1C(=O)N[C@](C)(CCc2ccccc2)C1=O)n1cnc2ccccc21. The highest BCUT2D eigenvalue weighted by Crippen LogP contribution is 2.23. The number of carbonyl (C=O) groups excluding carboxylic acids is 3. The summed E-state index contributed by atoms with van der Waals surface area (Å²) in [6, 6.07) is 15.9. The molecule has 4 amide bonds. The minimum Gasteiger partial charge on any atom is -0.322 e. The second kappa shape index (κ2) is 7.62. The first-order chi connectivity index (χ1) is 14.4. The number of aromatic nitrogens is 2. The minimum atomic E-state index is -1.08. The molecule has 0 spiro atoms. The van der Waals surface area contributed by atoms with Gasteiger partial charge >= 0.3 is 6.03 Å². The maximum absolute atomic E-state index is 12.9. The van der Waals surface area contributed by atoms with Gasteiger partial charge < -0.3 is 9.88 Å². The second-order valence-corrected chi connectivity index (χ2v) is 7.68. The third kappa shape index (κ3) is 3.52. The van der Waals surface area contributed by atoms with Gasteiger partial charge in [0.2, 0.25) is 0 Å². The minimum absolute atomic E-state index is 0.426. The Hall–Kier alpha value is -3.68. The van der Waals surface area contributed by atoms with E-state index in [0.717, 1.165) is 21.6 Å². The normalized spacial score (nSPS) is 19.7. The summed E-state index contributed by atoms with van der Waals surface area (Å²) in [4.78, 5) is 42.4. The highest BCUT2D eigenvalue weighted by atomic mass is 16.2. The summed E-state index contributed by atoms with van der Waals surface area (Å²) in [5.41, 5.74) is 4.02. The number of nitrogens with one attached hydrogen (secondary N) is 2. The number of urea groups is 1. The molecule has 1 aliphatic rings. The zero-order valence-corrected chi connectivity index (χ0v) is 16.8. The van der Waals surface area contributed by atoms with E-state index in [1.165, 1.54) is 0 Å². The van der Waals surface area contributed by atoms with Crippen molar-refractivity contribution in [2.45, 2.75) is 38.3 Å². The number of aryl methyl sites for hydroxylation is 1. The third-order valence-electron chi connectivity index (χ3n) is 5.52. The number of benzene rings is 2. The summed E-state index contributed by atoms with van der Waals surface area (Å²) >= 11 is 0. The molecule has 0 aliphatic carbocycles. The molecule has 1 aromatic heterocycles. The molecule has 8 heteroatoms. The van der Waals surface area contributed by atoms with Crippen molar-refractivity contribution in [3.8, 4) is 0 Å². The van der Waals surface area contributed by atoms with Gasteiger partial charge in [-0.15, -0.1) is 0 Å². The standard InChI is InChI=1S/C22H23N5O3/c1-15(26-14-23-17-10-6-7-11-18(17)26)19(28)25-27-20(29)22(2,24-21(27)30)13-12-16-8-4-3-5-9-16/h3-11,14-15H,12-13H2,1-2H3,(H,24,30)(H,25,28)/t15-,22+/m0/s1. The van der Waals surface area contributed by atoms with Crippen molar-refractivity contribution in [1.29, 1.82) is 0 Å². The number of hydrogen-bond donors (Lipinski definition) is 2. The molecule has 2 atom stereocenters.